The highest BCUT2D eigenvalue weighted by atomic mass is 35.5. The monoisotopic (exact) mass is 373 g/mol. The zero-order chi connectivity index (χ0) is 16.8. The second-order valence-corrected chi connectivity index (χ2v) is 7.96. The number of carbonyl (C=O) groups is 1. The molecule has 1 heterocycles. The number of nitrogens with zero attached hydrogens (tertiary/aromatic N) is 1. The molecular weight excluding hydrogens is 361 g/mol. The molecule has 1 N–H and O–H groups in total. The van der Waals surface area contributed by atoms with E-state index in [-0.39, 0.29) is 20.6 Å². The van der Waals surface area contributed by atoms with E-state index in [4.69, 9.17) is 23.2 Å². The molecule has 0 spiro atoms. The van der Waals surface area contributed by atoms with E-state index in [1.54, 1.807) is 0 Å². The minimum Gasteiger partial charge on any atom is -0.477 e. The second kappa shape index (κ2) is 5.85. The lowest BCUT2D eigenvalue weighted by atomic mass is 9.98. The Morgan fingerprint density at radius 2 is 1.78 bits per heavy atom. The Labute approximate surface area is 143 Å². The first-order chi connectivity index (χ1) is 10.8. The lowest BCUT2D eigenvalue weighted by Crippen LogP contribution is -2.21. The fourth-order valence-electron chi connectivity index (χ4n) is 2.84. The molecule has 0 atom stereocenters. The molecule has 0 aliphatic heterocycles. The lowest BCUT2D eigenvalue weighted by molar-refractivity contribution is 0.0689. The number of fused-ring (bicyclic) bond motifs is 1. The highest BCUT2D eigenvalue weighted by Gasteiger charge is 2.30. The Morgan fingerprint density at radius 3 is 2.43 bits per heavy atom. The van der Waals surface area contributed by atoms with Crippen LogP contribution in [0.5, 0.6) is 0 Å². The van der Waals surface area contributed by atoms with Crippen molar-refractivity contribution in [2.24, 2.45) is 0 Å². The fourth-order valence-corrected chi connectivity index (χ4v) is 4.80. The van der Waals surface area contributed by atoms with Gasteiger partial charge in [-0.05, 0) is 55.5 Å². The van der Waals surface area contributed by atoms with E-state index in [0.29, 0.717) is 18.5 Å². The van der Waals surface area contributed by atoms with Crippen LogP contribution in [0, 0.1) is 0 Å². The summed E-state index contributed by atoms with van der Waals surface area (Å²) >= 11 is 11.7. The maximum atomic E-state index is 13.0. The number of carboxylic acids is 1. The van der Waals surface area contributed by atoms with Gasteiger partial charge in [0.15, 0.2) is 0 Å². The van der Waals surface area contributed by atoms with Crippen molar-refractivity contribution in [3.05, 3.63) is 51.3 Å². The average Bonchev–Trinajstić information content (AvgIpc) is 2.90. The summed E-state index contributed by atoms with van der Waals surface area (Å²) in [5.41, 5.74) is 1.07. The van der Waals surface area contributed by atoms with Crippen LogP contribution in [0.3, 0.4) is 0 Å². The van der Waals surface area contributed by atoms with Gasteiger partial charge in [-0.2, -0.15) is 0 Å². The number of aromatic carboxylic acids is 1. The summed E-state index contributed by atoms with van der Waals surface area (Å²) in [6.07, 6.45) is 2.96. The first-order valence-electron chi connectivity index (χ1n) is 7.00. The molecule has 0 unspecified atom stereocenters. The van der Waals surface area contributed by atoms with Crippen molar-refractivity contribution in [2.75, 3.05) is 0 Å². The van der Waals surface area contributed by atoms with E-state index in [1.165, 1.54) is 24.3 Å². The lowest BCUT2D eigenvalue weighted by Gasteiger charge is -2.17. The van der Waals surface area contributed by atoms with Crippen LogP contribution in [0.2, 0.25) is 10.0 Å². The predicted octanol–water partition coefficient (Wildman–Crippen LogP) is 3.61. The van der Waals surface area contributed by atoms with Crippen molar-refractivity contribution in [1.82, 2.24) is 3.97 Å². The molecule has 5 nitrogen and oxygen atoms in total. The molecule has 0 saturated heterocycles. The van der Waals surface area contributed by atoms with Gasteiger partial charge >= 0.3 is 5.97 Å². The van der Waals surface area contributed by atoms with E-state index in [9.17, 15) is 18.3 Å². The number of halogens is 2. The Kier molecular flexibility index (Phi) is 4.16. The molecule has 1 aromatic carbocycles. The maximum Gasteiger partial charge on any atom is 0.353 e. The van der Waals surface area contributed by atoms with Crippen molar-refractivity contribution in [3.63, 3.8) is 0 Å². The molecule has 1 aliphatic rings. The fraction of sp³-hybridized carbons (Fsp3) is 0.267. The van der Waals surface area contributed by atoms with E-state index >= 15 is 0 Å². The molecule has 3 rings (SSSR count). The minimum atomic E-state index is -4.06. The van der Waals surface area contributed by atoms with Crippen LogP contribution >= 0.6 is 23.2 Å². The summed E-state index contributed by atoms with van der Waals surface area (Å²) in [6.45, 7) is 0. The minimum absolute atomic E-state index is 0.0848. The van der Waals surface area contributed by atoms with E-state index in [1.807, 2.05) is 0 Å². The largest absolute Gasteiger partial charge is 0.477 e. The topological polar surface area (TPSA) is 76.4 Å². The van der Waals surface area contributed by atoms with Crippen LogP contribution in [-0.4, -0.2) is 23.5 Å². The summed E-state index contributed by atoms with van der Waals surface area (Å²) < 4.78 is 26.8. The molecule has 122 valence electrons. The number of aryl methyl sites for hydroxylation is 1. The molecular formula is C15H13Cl2NO4S. The Balaban J connectivity index is 2.25. The highest BCUT2D eigenvalue weighted by Crippen LogP contribution is 2.31. The number of hydrogen-bond acceptors (Lipinski definition) is 3. The molecule has 0 bridgehead atoms. The number of hydrogen-bond donors (Lipinski definition) is 1. The van der Waals surface area contributed by atoms with E-state index < -0.39 is 16.0 Å². The highest BCUT2D eigenvalue weighted by molar-refractivity contribution is 7.90. The van der Waals surface area contributed by atoms with E-state index in [0.717, 1.165) is 22.4 Å². The summed E-state index contributed by atoms with van der Waals surface area (Å²) in [6, 6.07) is 5.39. The Bertz CT molecular complexity index is 902. The van der Waals surface area contributed by atoms with E-state index in [2.05, 4.69) is 0 Å². The van der Waals surface area contributed by atoms with Gasteiger partial charge in [0.2, 0.25) is 0 Å². The van der Waals surface area contributed by atoms with Crippen molar-refractivity contribution in [2.45, 2.75) is 30.6 Å². The molecule has 23 heavy (non-hydrogen) atoms. The van der Waals surface area contributed by atoms with Crippen LogP contribution in [0.25, 0.3) is 0 Å². The zero-order valence-corrected chi connectivity index (χ0v) is 14.2. The van der Waals surface area contributed by atoms with Crippen molar-refractivity contribution < 1.29 is 18.3 Å². The molecule has 1 aromatic heterocycles. The summed E-state index contributed by atoms with van der Waals surface area (Å²) in [4.78, 5) is 11.4. The first kappa shape index (κ1) is 16.4. The van der Waals surface area contributed by atoms with Gasteiger partial charge in [-0.1, -0.05) is 23.2 Å². The van der Waals surface area contributed by atoms with Gasteiger partial charge in [0.25, 0.3) is 10.0 Å². The van der Waals surface area contributed by atoms with Crippen molar-refractivity contribution in [1.29, 1.82) is 0 Å². The average molecular weight is 374 g/mol. The molecule has 2 aromatic rings. The quantitative estimate of drug-likeness (QED) is 0.891. The molecule has 1 aliphatic carbocycles. The molecule has 8 heteroatoms. The third-order valence-electron chi connectivity index (χ3n) is 3.90. The summed E-state index contributed by atoms with van der Waals surface area (Å²) in [5.74, 6) is -1.27. The Hall–Kier alpha value is -1.50. The predicted molar refractivity (Wildman–Crippen MR) is 87.1 cm³/mol. The van der Waals surface area contributed by atoms with Gasteiger partial charge in [0, 0.05) is 5.69 Å². The zero-order valence-electron chi connectivity index (χ0n) is 11.9. The molecule has 0 saturated carbocycles. The third-order valence-corrected chi connectivity index (χ3v) is 6.39. The van der Waals surface area contributed by atoms with Gasteiger partial charge in [0.05, 0.1) is 14.9 Å². The van der Waals surface area contributed by atoms with Gasteiger partial charge in [-0.25, -0.2) is 17.2 Å². The number of carboxylic acid groups (broad SMARTS) is 1. The standard InChI is InChI=1S/C15H13Cl2NO4S/c16-11-6-5-10(8-12(11)17)23(21,22)18-13-4-2-1-3-9(13)7-14(18)15(19)20/h5-8H,1-4H2,(H,19,20). The van der Waals surface area contributed by atoms with Crippen LogP contribution < -0.4 is 0 Å². The molecule has 0 fully saturated rings. The number of benzene rings is 1. The van der Waals surface area contributed by atoms with Crippen LogP contribution in [0.1, 0.15) is 34.6 Å². The Morgan fingerprint density at radius 1 is 1.09 bits per heavy atom. The second-order valence-electron chi connectivity index (χ2n) is 5.36. The maximum absolute atomic E-state index is 13.0. The SMILES string of the molecule is O=C(O)c1cc2c(n1S(=O)(=O)c1ccc(Cl)c(Cl)c1)CCCC2. The van der Waals surface area contributed by atoms with Crippen molar-refractivity contribution in [3.8, 4) is 0 Å². The van der Waals surface area contributed by atoms with Crippen LogP contribution in [0.4, 0.5) is 0 Å². The molecule has 0 radical (unpaired) electrons. The third kappa shape index (κ3) is 2.75. The molecule has 0 amide bonds. The van der Waals surface area contributed by atoms with Gasteiger partial charge < -0.3 is 5.11 Å². The van der Waals surface area contributed by atoms with Crippen molar-refractivity contribution >= 4 is 39.2 Å². The normalized spacial score (nSPS) is 14.5. The van der Waals surface area contributed by atoms with Gasteiger partial charge in [-0.3, -0.25) is 0 Å². The van der Waals surface area contributed by atoms with Crippen LogP contribution in [-0.2, 0) is 22.9 Å². The number of aromatic nitrogens is 1. The summed E-state index contributed by atoms with van der Waals surface area (Å²) in [7, 11) is -4.06. The summed E-state index contributed by atoms with van der Waals surface area (Å²) in [5, 5.41) is 9.73. The van der Waals surface area contributed by atoms with Gasteiger partial charge in [0.1, 0.15) is 5.69 Å². The van der Waals surface area contributed by atoms with Crippen LogP contribution in [0.15, 0.2) is 29.2 Å². The first-order valence-corrected chi connectivity index (χ1v) is 9.19. The number of rotatable bonds is 3. The van der Waals surface area contributed by atoms with Gasteiger partial charge in [-0.15, -0.1) is 0 Å². The smallest absolute Gasteiger partial charge is 0.353 e.